The second-order valence-corrected chi connectivity index (χ2v) is 4.78. The van der Waals surface area contributed by atoms with Gasteiger partial charge in [0.25, 0.3) is 5.91 Å². The molecule has 1 aliphatic rings. The molecule has 0 radical (unpaired) electrons. The fourth-order valence-electron chi connectivity index (χ4n) is 2.22. The molecular weight excluding hydrogens is 292 g/mol. The van der Waals surface area contributed by atoms with Crippen LogP contribution in [0.2, 0.25) is 0 Å². The van der Waals surface area contributed by atoms with Crippen molar-refractivity contribution in [1.29, 1.82) is 0 Å². The highest BCUT2D eigenvalue weighted by Crippen LogP contribution is 2.43. The van der Waals surface area contributed by atoms with Gasteiger partial charge in [0.1, 0.15) is 0 Å². The molecule has 114 valence electrons. The van der Waals surface area contributed by atoms with Crippen molar-refractivity contribution in [3.8, 4) is 11.5 Å². The fraction of sp³-hybridized carbons (Fsp3) is 0.188. The zero-order valence-corrected chi connectivity index (χ0v) is 11.5. The minimum Gasteiger partial charge on any atom is -0.395 e. The average molecular weight is 305 g/mol. The van der Waals surface area contributed by atoms with E-state index in [2.05, 4.69) is 14.8 Å². The Morgan fingerprint density at radius 3 is 2.59 bits per heavy atom. The monoisotopic (exact) mass is 305 g/mol. The topological polar surface area (TPSA) is 47.6 Å². The molecule has 4 nitrogen and oxygen atoms in total. The van der Waals surface area contributed by atoms with Gasteiger partial charge >= 0.3 is 6.29 Å². The van der Waals surface area contributed by atoms with Gasteiger partial charge in [-0.05, 0) is 24.6 Å². The van der Waals surface area contributed by atoms with Crippen molar-refractivity contribution in [2.24, 2.45) is 0 Å². The molecule has 1 heterocycles. The highest BCUT2D eigenvalue weighted by atomic mass is 19.3. The van der Waals surface area contributed by atoms with Crippen molar-refractivity contribution in [1.82, 2.24) is 5.32 Å². The highest BCUT2D eigenvalue weighted by molar-refractivity contribution is 5.94. The molecule has 0 spiro atoms. The predicted octanol–water partition coefficient (Wildman–Crippen LogP) is 2.98. The number of ether oxygens (including phenoxy) is 2. The van der Waals surface area contributed by atoms with Crippen molar-refractivity contribution in [3.05, 3.63) is 59.7 Å². The molecule has 0 aromatic heterocycles. The summed E-state index contributed by atoms with van der Waals surface area (Å²) in [5, 5.41) is 2.74. The molecule has 3 rings (SSSR count). The summed E-state index contributed by atoms with van der Waals surface area (Å²) in [5.41, 5.74) is 1.11. The number of alkyl halides is 2. The first-order valence-corrected chi connectivity index (χ1v) is 6.76. The van der Waals surface area contributed by atoms with Crippen LogP contribution in [0.5, 0.6) is 11.5 Å². The Kier molecular flexibility index (Phi) is 3.66. The van der Waals surface area contributed by atoms with Gasteiger partial charge in [-0.25, -0.2) is 0 Å². The van der Waals surface area contributed by atoms with Gasteiger partial charge in [-0.1, -0.05) is 30.3 Å². The van der Waals surface area contributed by atoms with Gasteiger partial charge in [-0.15, -0.1) is 8.78 Å². The molecule has 1 aliphatic heterocycles. The molecule has 0 bridgehead atoms. The third-order valence-electron chi connectivity index (χ3n) is 3.23. The van der Waals surface area contributed by atoms with Crippen LogP contribution in [0.1, 0.15) is 15.9 Å². The van der Waals surface area contributed by atoms with E-state index in [9.17, 15) is 13.6 Å². The Labute approximate surface area is 125 Å². The maximum Gasteiger partial charge on any atom is 0.586 e. The Morgan fingerprint density at radius 2 is 1.82 bits per heavy atom. The number of hydrogen-bond acceptors (Lipinski definition) is 3. The van der Waals surface area contributed by atoms with Gasteiger partial charge in [-0.3, -0.25) is 4.79 Å². The number of fused-ring (bicyclic) bond motifs is 1. The lowest BCUT2D eigenvalue weighted by atomic mass is 10.1. The van der Waals surface area contributed by atoms with E-state index in [1.807, 2.05) is 6.07 Å². The molecule has 2 aromatic rings. The van der Waals surface area contributed by atoms with Crippen LogP contribution in [0.15, 0.2) is 48.5 Å². The number of rotatable bonds is 4. The van der Waals surface area contributed by atoms with Crippen LogP contribution in [0.25, 0.3) is 0 Å². The van der Waals surface area contributed by atoms with E-state index in [0.29, 0.717) is 24.1 Å². The first-order valence-electron chi connectivity index (χ1n) is 6.76. The summed E-state index contributed by atoms with van der Waals surface area (Å²) >= 11 is 0. The maximum absolute atomic E-state index is 13.1. The van der Waals surface area contributed by atoms with Crippen LogP contribution < -0.4 is 14.8 Å². The molecule has 0 saturated heterocycles. The zero-order valence-electron chi connectivity index (χ0n) is 11.5. The van der Waals surface area contributed by atoms with E-state index in [4.69, 9.17) is 0 Å². The molecule has 1 N–H and O–H groups in total. The number of benzene rings is 2. The lowest BCUT2D eigenvalue weighted by molar-refractivity contribution is -0.286. The quantitative estimate of drug-likeness (QED) is 0.944. The van der Waals surface area contributed by atoms with E-state index in [1.165, 1.54) is 6.07 Å². The third kappa shape index (κ3) is 3.00. The second-order valence-electron chi connectivity index (χ2n) is 4.78. The largest absolute Gasteiger partial charge is 0.586 e. The van der Waals surface area contributed by atoms with Gasteiger partial charge in [0, 0.05) is 17.7 Å². The van der Waals surface area contributed by atoms with E-state index in [0.717, 1.165) is 0 Å². The Bertz CT molecular complexity index is 689. The first-order chi connectivity index (χ1) is 10.6. The predicted molar refractivity (Wildman–Crippen MR) is 75.1 cm³/mol. The molecule has 1 amide bonds. The average Bonchev–Trinajstić information content (AvgIpc) is 2.83. The van der Waals surface area contributed by atoms with Crippen molar-refractivity contribution in [2.75, 3.05) is 6.54 Å². The molecule has 6 heteroatoms. The van der Waals surface area contributed by atoms with Crippen molar-refractivity contribution < 1.29 is 23.0 Å². The Balaban J connectivity index is 1.62. The van der Waals surface area contributed by atoms with Gasteiger partial charge in [0.2, 0.25) is 0 Å². The summed E-state index contributed by atoms with van der Waals surface area (Å²) in [4.78, 5) is 11.9. The number of carbonyl (C=O) groups excluding carboxylic acids is 1. The van der Waals surface area contributed by atoms with E-state index >= 15 is 0 Å². The standard InChI is InChI=1S/C16H13F2NO3/c17-16(18)21-13-8-4-7-11(14(13)22-16)9-10-19-15(20)12-5-2-1-3-6-12/h1-8H,9-10H2,(H,19,20). The van der Waals surface area contributed by atoms with Crippen LogP contribution in [-0.4, -0.2) is 18.7 Å². The molecular formula is C16H13F2NO3. The van der Waals surface area contributed by atoms with Crippen LogP contribution in [0.4, 0.5) is 8.78 Å². The lowest BCUT2D eigenvalue weighted by Gasteiger charge is -2.08. The summed E-state index contributed by atoms with van der Waals surface area (Å²) in [5.74, 6) is -0.172. The second kappa shape index (κ2) is 5.63. The summed E-state index contributed by atoms with van der Waals surface area (Å²) < 4.78 is 35.0. The zero-order chi connectivity index (χ0) is 15.6. The normalized spacial score (nSPS) is 14.6. The van der Waals surface area contributed by atoms with Crippen LogP contribution in [-0.2, 0) is 6.42 Å². The molecule has 2 aromatic carbocycles. The van der Waals surface area contributed by atoms with Gasteiger partial charge in [-0.2, -0.15) is 0 Å². The van der Waals surface area contributed by atoms with Crippen LogP contribution in [0, 0.1) is 0 Å². The van der Waals surface area contributed by atoms with Crippen LogP contribution >= 0.6 is 0 Å². The first kappa shape index (κ1) is 14.3. The molecule has 0 aliphatic carbocycles. The number of hydrogen-bond donors (Lipinski definition) is 1. The number of carbonyl (C=O) groups is 1. The minimum absolute atomic E-state index is 0.0110. The molecule has 0 fully saturated rings. The number of nitrogens with one attached hydrogen (secondary N) is 1. The summed E-state index contributed by atoms with van der Waals surface area (Å²) in [7, 11) is 0. The molecule has 0 unspecified atom stereocenters. The van der Waals surface area contributed by atoms with E-state index in [1.54, 1.807) is 36.4 Å². The smallest absolute Gasteiger partial charge is 0.395 e. The van der Waals surface area contributed by atoms with Gasteiger partial charge in [0.15, 0.2) is 11.5 Å². The maximum atomic E-state index is 13.1. The molecule has 0 atom stereocenters. The van der Waals surface area contributed by atoms with Crippen molar-refractivity contribution in [3.63, 3.8) is 0 Å². The summed E-state index contributed by atoms with van der Waals surface area (Å²) in [6, 6.07) is 13.5. The van der Waals surface area contributed by atoms with Crippen LogP contribution in [0.3, 0.4) is 0 Å². The Morgan fingerprint density at radius 1 is 1.05 bits per heavy atom. The van der Waals surface area contributed by atoms with E-state index < -0.39 is 6.29 Å². The minimum atomic E-state index is -3.63. The Hall–Kier alpha value is -2.63. The van der Waals surface area contributed by atoms with Crippen molar-refractivity contribution >= 4 is 5.91 Å². The van der Waals surface area contributed by atoms with Gasteiger partial charge < -0.3 is 14.8 Å². The highest BCUT2D eigenvalue weighted by Gasteiger charge is 2.44. The van der Waals surface area contributed by atoms with Gasteiger partial charge in [0.05, 0.1) is 0 Å². The summed E-state index contributed by atoms with van der Waals surface area (Å²) in [6.45, 7) is 0.305. The lowest BCUT2D eigenvalue weighted by Crippen LogP contribution is -2.27. The van der Waals surface area contributed by atoms with Crippen molar-refractivity contribution in [2.45, 2.75) is 12.7 Å². The third-order valence-corrected chi connectivity index (χ3v) is 3.23. The molecule has 0 saturated carbocycles. The van der Waals surface area contributed by atoms with E-state index in [-0.39, 0.29) is 17.4 Å². The number of para-hydroxylation sites is 1. The number of halogens is 2. The number of amides is 1. The SMILES string of the molecule is O=C(NCCc1cccc2c1OC(F)(F)O2)c1ccccc1. The summed E-state index contributed by atoms with van der Waals surface area (Å²) in [6.07, 6.45) is -3.27. The molecule has 22 heavy (non-hydrogen) atoms. The fourth-order valence-corrected chi connectivity index (χ4v) is 2.22.